The van der Waals surface area contributed by atoms with Gasteiger partial charge in [0.25, 0.3) is 0 Å². The molecule has 2 N–H and O–H groups in total. The van der Waals surface area contributed by atoms with E-state index in [1.807, 2.05) is 6.07 Å². The highest BCUT2D eigenvalue weighted by Crippen LogP contribution is 2.23. The zero-order chi connectivity index (χ0) is 16.1. The summed E-state index contributed by atoms with van der Waals surface area (Å²) in [7, 11) is 1.61. The first-order valence-corrected chi connectivity index (χ1v) is 8.38. The minimum absolute atomic E-state index is 0.000758. The van der Waals surface area contributed by atoms with E-state index in [9.17, 15) is 4.79 Å². The number of piperidine rings is 1. The molecule has 3 heterocycles. The van der Waals surface area contributed by atoms with Crippen molar-refractivity contribution in [2.45, 2.75) is 31.7 Å². The molecule has 2 fully saturated rings. The molecule has 1 aromatic rings. The third kappa shape index (κ3) is 4.10. The summed E-state index contributed by atoms with van der Waals surface area (Å²) in [5.74, 6) is 2.07. The van der Waals surface area contributed by atoms with Crippen molar-refractivity contribution < 1.29 is 9.53 Å². The number of hydrogen-bond acceptors (Lipinski definition) is 6. The maximum absolute atomic E-state index is 12.1. The highest BCUT2D eigenvalue weighted by atomic mass is 16.5. The Labute approximate surface area is 136 Å². The van der Waals surface area contributed by atoms with Crippen molar-refractivity contribution in [3.63, 3.8) is 0 Å². The quantitative estimate of drug-likeness (QED) is 0.826. The van der Waals surface area contributed by atoms with Gasteiger partial charge in [-0.25, -0.2) is 9.97 Å². The normalized spacial score (nSPS) is 24.5. The number of anilines is 1. The van der Waals surface area contributed by atoms with E-state index in [2.05, 4.69) is 25.5 Å². The number of carbonyl (C=O) groups is 1. The molecule has 126 valence electrons. The molecular weight excluding hydrogens is 294 g/mol. The highest BCUT2D eigenvalue weighted by molar-refractivity contribution is 5.82. The zero-order valence-corrected chi connectivity index (χ0v) is 13.6. The van der Waals surface area contributed by atoms with Crippen LogP contribution >= 0.6 is 0 Å². The Kier molecular flexibility index (Phi) is 5.27. The Morgan fingerprint density at radius 2 is 2.35 bits per heavy atom. The molecule has 1 amide bonds. The second kappa shape index (κ2) is 7.59. The Morgan fingerprint density at radius 3 is 3.13 bits per heavy atom. The first-order chi connectivity index (χ1) is 11.3. The lowest BCUT2D eigenvalue weighted by Crippen LogP contribution is -2.45. The molecule has 7 heteroatoms. The molecule has 2 aliphatic heterocycles. The van der Waals surface area contributed by atoms with Gasteiger partial charge in [0.1, 0.15) is 12.1 Å². The van der Waals surface area contributed by atoms with Gasteiger partial charge in [-0.1, -0.05) is 0 Å². The Hall–Kier alpha value is -1.89. The second-order valence-corrected chi connectivity index (χ2v) is 6.27. The predicted octanol–water partition coefficient (Wildman–Crippen LogP) is 0.570. The monoisotopic (exact) mass is 319 g/mol. The molecular formula is C16H25N5O2. The van der Waals surface area contributed by atoms with Crippen molar-refractivity contribution in [2.24, 2.45) is 5.92 Å². The van der Waals surface area contributed by atoms with Crippen molar-refractivity contribution in [3.8, 4) is 5.88 Å². The van der Waals surface area contributed by atoms with Crippen LogP contribution in [0.15, 0.2) is 12.4 Å². The molecule has 2 saturated heterocycles. The number of nitrogens with one attached hydrogen (secondary N) is 2. The fourth-order valence-corrected chi connectivity index (χ4v) is 3.33. The van der Waals surface area contributed by atoms with Gasteiger partial charge in [-0.05, 0) is 38.1 Å². The average Bonchev–Trinajstić information content (AvgIpc) is 3.15. The molecule has 0 aromatic carbocycles. The van der Waals surface area contributed by atoms with Gasteiger partial charge >= 0.3 is 0 Å². The Bertz CT molecular complexity index is 533. The number of amides is 1. The van der Waals surface area contributed by atoms with Crippen molar-refractivity contribution >= 4 is 11.7 Å². The van der Waals surface area contributed by atoms with Gasteiger partial charge in [0, 0.05) is 25.7 Å². The van der Waals surface area contributed by atoms with Gasteiger partial charge in [-0.3, -0.25) is 4.79 Å². The number of carbonyl (C=O) groups excluding carboxylic acids is 1. The summed E-state index contributed by atoms with van der Waals surface area (Å²) >= 11 is 0. The van der Waals surface area contributed by atoms with E-state index >= 15 is 0 Å². The summed E-state index contributed by atoms with van der Waals surface area (Å²) in [6.07, 6.45) is 5.81. The van der Waals surface area contributed by atoms with Crippen LogP contribution in [0.2, 0.25) is 0 Å². The summed E-state index contributed by atoms with van der Waals surface area (Å²) in [5.41, 5.74) is 0. The molecule has 23 heavy (non-hydrogen) atoms. The Balaban J connectivity index is 1.52. The smallest absolute Gasteiger partial charge is 0.237 e. The van der Waals surface area contributed by atoms with Crippen LogP contribution in [-0.4, -0.2) is 55.2 Å². The average molecular weight is 319 g/mol. The van der Waals surface area contributed by atoms with Crippen LogP contribution in [0.3, 0.4) is 0 Å². The van der Waals surface area contributed by atoms with Gasteiger partial charge in [0.05, 0.1) is 13.2 Å². The molecule has 0 bridgehead atoms. The lowest BCUT2D eigenvalue weighted by molar-refractivity contribution is -0.122. The van der Waals surface area contributed by atoms with Gasteiger partial charge in [0.2, 0.25) is 11.8 Å². The SMILES string of the molecule is COc1cc(N2CCCC(CNC(=O)C3CCCN3)C2)ncn1. The minimum atomic E-state index is 0.000758. The Morgan fingerprint density at radius 1 is 1.43 bits per heavy atom. The van der Waals surface area contributed by atoms with Gasteiger partial charge in [0.15, 0.2) is 0 Å². The first-order valence-electron chi connectivity index (χ1n) is 8.38. The number of hydrogen-bond donors (Lipinski definition) is 2. The lowest BCUT2D eigenvalue weighted by atomic mass is 9.98. The van der Waals surface area contributed by atoms with Gasteiger partial charge < -0.3 is 20.3 Å². The van der Waals surface area contributed by atoms with Crippen LogP contribution in [0.4, 0.5) is 5.82 Å². The fourth-order valence-electron chi connectivity index (χ4n) is 3.33. The number of methoxy groups -OCH3 is 1. The molecule has 0 spiro atoms. The molecule has 0 saturated carbocycles. The number of rotatable bonds is 5. The molecule has 7 nitrogen and oxygen atoms in total. The van der Waals surface area contributed by atoms with E-state index in [0.717, 1.165) is 57.7 Å². The third-order valence-corrected chi connectivity index (χ3v) is 4.62. The molecule has 2 atom stereocenters. The molecule has 0 aliphatic carbocycles. The summed E-state index contributed by atoms with van der Waals surface area (Å²) in [5, 5.41) is 6.34. The van der Waals surface area contributed by atoms with Gasteiger partial charge in [-0.15, -0.1) is 0 Å². The van der Waals surface area contributed by atoms with Crippen LogP contribution in [0.5, 0.6) is 5.88 Å². The topological polar surface area (TPSA) is 79.4 Å². The zero-order valence-electron chi connectivity index (χ0n) is 13.6. The van der Waals surface area contributed by atoms with E-state index in [-0.39, 0.29) is 11.9 Å². The first kappa shape index (κ1) is 16.0. The molecule has 1 aromatic heterocycles. The summed E-state index contributed by atoms with van der Waals surface area (Å²) in [6, 6.07) is 1.87. The molecule has 2 aliphatic rings. The molecule has 2 unspecified atom stereocenters. The van der Waals surface area contributed by atoms with Crippen molar-refractivity contribution in [3.05, 3.63) is 12.4 Å². The van der Waals surface area contributed by atoms with Gasteiger partial charge in [-0.2, -0.15) is 0 Å². The fraction of sp³-hybridized carbons (Fsp3) is 0.688. The van der Waals surface area contributed by atoms with Crippen LogP contribution in [-0.2, 0) is 4.79 Å². The third-order valence-electron chi connectivity index (χ3n) is 4.62. The van der Waals surface area contributed by atoms with Crippen LogP contribution in [0.25, 0.3) is 0 Å². The largest absolute Gasteiger partial charge is 0.481 e. The number of nitrogens with zero attached hydrogens (tertiary/aromatic N) is 3. The minimum Gasteiger partial charge on any atom is -0.481 e. The maximum Gasteiger partial charge on any atom is 0.237 e. The highest BCUT2D eigenvalue weighted by Gasteiger charge is 2.25. The van der Waals surface area contributed by atoms with E-state index in [4.69, 9.17) is 4.74 Å². The maximum atomic E-state index is 12.1. The van der Waals surface area contributed by atoms with E-state index in [1.54, 1.807) is 7.11 Å². The molecule has 0 radical (unpaired) electrons. The predicted molar refractivity (Wildman–Crippen MR) is 87.6 cm³/mol. The number of aromatic nitrogens is 2. The van der Waals surface area contributed by atoms with Crippen LogP contribution < -0.4 is 20.3 Å². The number of ether oxygens (including phenoxy) is 1. The van der Waals surface area contributed by atoms with E-state index < -0.39 is 0 Å². The van der Waals surface area contributed by atoms with E-state index in [0.29, 0.717) is 11.8 Å². The van der Waals surface area contributed by atoms with Crippen LogP contribution in [0.1, 0.15) is 25.7 Å². The molecule has 3 rings (SSSR count). The van der Waals surface area contributed by atoms with Crippen molar-refractivity contribution in [1.29, 1.82) is 0 Å². The summed E-state index contributed by atoms with van der Waals surface area (Å²) < 4.78 is 5.17. The lowest BCUT2D eigenvalue weighted by Gasteiger charge is -2.33. The van der Waals surface area contributed by atoms with Crippen molar-refractivity contribution in [1.82, 2.24) is 20.6 Å². The standard InChI is InChI=1S/C16H25N5O2/c1-23-15-8-14(19-11-20-15)21-7-3-4-12(10-21)9-18-16(22)13-5-2-6-17-13/h8,11-13,17H,2-7,9-10H2,1H3,(H,18,22). The van der Waals surface area contributed by atoms with Crippen LogP contribution in [0, 0.1) is 5.92 Å². The van der Waals surface area contributed by atoms with E-state index in [1.165, 1.54) is 6.33 Å². The van der Waals surface area contributed by atoms with Crippen molar-refractivity contribution in [2.75, 3.05) is 38.2 Å². The summed E-state index contributed by atoms with van der Waals surface area (Å²) in [6.45, 7) is 3.56. The summed E-state index contributed by atoms with van der Waals surface area (Å²) in [4.78, 5) is 22.7. The second-order valence-electron chi connectivity index (χ2n) is 6.27.